The van der Waals surface area contributed by atoms with E-state index in [1.54, 1.807) is 18.2 Å². The van der Waals surface area contributed by atoms with Gasteiger partial charge < -0.3 is 20.3 Å². The summed E-state index contributed by atoms with van der Waals surface area (Å²) < 4.78 is 33.9. The molecule has 3 saturated heterocycles. The molecule has 1 atom stereocenters. The van der Waals surface area contributed by atoms with Crippen LogP contribution < -0.4 is 25.3 Å². The Morgan fingerprint density at radius 1 is 0.898 bits per heavy atom. The molecule has 3 aliphatic heterocycles. The third-order valence-electron chi connectivity index (χ3n) is 10.3. The largest absolute Gasteiger partial charge is 0.494 e. The fourth-order valence-corrected chi connectivity index (χ4v) is 7.51. The van der Waals surface area contributed by atoms with Gasteiger partial charge in [0, 0.05) is 76.0 Å². The third kappa shape index (κ3) is 7.34. The zero-order chi connectivity index (χ0) is 33.9. The number of carbonyl (C=O) groups is 1. The van der Waals surface area contributed by atoms with Crippen LogP contribution in [0.25, 0.3) is 0 Å². The van der Waals surface area contributed by atoms with Crippen molar-refractivity contribution >= 4 is 34.6 Å². The molecule has 4 aliphatic rings. The minimum absolute atomic E-state index is 0.313. The van der Waals surface area contributed by atoms with E-state index >= 15 is 0 Å². The van der Waals surface area contributed by atoms with Gasteiger partial charge in [-0.25, -0.2) is 23.8 Å². The molecule has 260 valence electrons. The van der Waals surface area contributed by atoms with Gasteiger partial charge >= 0.3 is 0 Å². The molecule has 13 heteroatoms. The number of hydroxylamine groups is 1. The van der Waals surface area contributed by atoms with Crippen LogP contribution in [0.15, 0.2) is 55.4 Å². The van der Waals surface area contributed by atoms with Crippen molar-refractivity contribution in [3.8, 4) is 5.75 Å². The Kier molecular flexibility index (Phi) is 9.92. The summed E-state index contributed by atoms with van der Waals surface area (Å²) in [5.74, 6) is -0.173. The second-order valence-corrected chi connectivity index (χ2v) is 13.2. The van der Waals surface area contributed by atoms with E-state index in [-0.39, 0.29) is 5.91 Å². The Morgan fingerprint density at radius 3 is 2.22 bits per heavy atom. The molecule has 3 aromatic rings. The Labute approximate surface area is 285 Å². The number of piperazine rings is 1. The lowest BCUT2D eigenvalue weighted by molar-refractivity contribution is -0.111. The molecule has 0 unspecified atom stereocenters. The summed E-state index contributed by atoms with van der Waals surface area (Å²) in [6.07, 6.45) is 9.36. The van der Waals surface area contributed by atoms with Gasteiger partial charge in [0.15, 0.2) is 5.82 Å². The van der Waals surface area contributed by atoms with Crippen molar-refractivity contribution in [2.45, 2.75) is 56.7 Å². The summed E-state index contributed by atoms with van der Waals surface area (Å²) in [6, 6.07) is 9.88. The van der Waals surface area contributed by atoms with Crippen LogP contribution in [0.4, 0.5) is 37.5 Å². The molecule has 7 rings (SSSR count). The summed E-state index contributed by atoms with van der Waals surface area (Å²) in [4.78, 5) is 34.9. The van der Waals surface area contributed by atoms with Crippen molar-refractivity contribution in [1.82, 2.24) is 19.8 Å². The molecule has 4 heterocycles. The highest BCUT2D eigenvalue weighted by molar-refractivity contribution is 6.02. The topological polar surface area (TPSA) is 98.3 Å². The lowest BCUT2D eigenvalue weighted by Gasteiger charge is -2.46. The monoisotopic (exact) mass is 674 g/mol. The Balaban J connectivity index is 1.07. The zero-order valence-electron chi connectivity index (χ0n) is 27.9. The first-order valence-corrected chi connectivity index (χ1v) is 17.2. The van der Waals surface area contributed by atoms with Gasteiger partial charge in [0.05, 0.1) is 36.8 Å². The van der Waals surface area contributed by atoms with Crippen molar-refractivity contribution in [3.63, 3.8) is 0 Å². The predicted octanol–water partition coefficient (Wildman–Crippen LogP) is 5.65. The number of nitrogens with one attached hydrogen (secondary N) is 2. The van der Waals surface area contributed by atoms with Crippen LogP contribution in [-0.2, 0) is 9.63 Å². The Hall–Kier alpha value is -4.33. The normalized spacial score (nSPS) is 21.0. The molecular formula is C36H44F2N8O3. The lowest BCUT2D eigenvalue weighted by atomic mass is 9.91. The lowest BCUT2D eigenvalue weighted by Crippen LogP contribution is -2.56. The number of hydrogen-bond donors (Lipinski definition) is 2. The molecule has 2 N–H and O–H groups in total. The molecule has 1 aliphatic carbocycles. The number of piperidine rings is 1. The Bertz CT molecular complexity index is 1640. The highest BCUT2D eigenvalue weighted by Crippen LogP contribution is 2.41. The smallest absolute Gasteiger partial charge is 0.247 e. The minimum Gasteiger partial charge on any atom is -0.494 e. The molecule has 1 amide bonds. The van der Waals surface area contributed by atoms with Gasteiger partial charge in [0.1, 0.15) is 29.5 Å². The van der Waals surface area contributed by atoms with Gasteiger partial charge in [-0.15, -0.1) is 0 Å². The zero-order valence-corrected chi connectivity index (χ0v) is 27.9. The van der Waals surface area contributed by atoms with E-state index in [0.717, 1.165) is 56.8 Å². The van der Waals surface area contributed by atoms with E-state index in [1.165, 1.54) is 56.9 Å². The number of anilines is 5. The number of rotatable bonds is 10. The second-order valence-electron chi connectivity index (χ2n) is 13.2. The van der Waals surface area contributed by atoms with Gasteiger partial charge in [-0.2, -0.15) is 0 Å². The molecule has 0 radical (unpaired) electrons. The number of benzene rings is 2. The van der Waals surface area contributed by atoms with E-state index in [2.05, 4.69) is 41.9 Å². The summed E-state index contributed by atoms with van der Waals surface area (Å²) >= 11 is 0. The molecule has 0 bridgehead atoms. The summed E-state index contributed by atoms with van der Waals surface area (Å²) in [7, 11) is 1.61. The standard InChI is InChI=1S/C36H44F2N8O3/c1-3-36(47)42-29-20-30(41-34-22-35(40-23-39-34)46-31(9-16-49-46)24-17-25(37)19-26(38)18-24)33(48-2)21-32(29)45-10-7-28(8-11-45)44-14-12-43(13-15-44)27-5-4-6-27/h3,17-23,27-28,31H,1,4-16H2,2H3,(H,42,47)(H,39,40,41)/t31-/m1/s1. The fourth-order valence-electron chi connectivity index (χ4n) is 7.51. The molecular weight excluding hydrogens is 630 g/mol. The van der Waals surface area contributed by atoms with Gasteiger partial charge in [-0.05, 0) is 55.5 Å². The first-order chi connectivity index (χ1) is 23.9. The number of aromatic nitrogens is 2. The van der Waals surface area contributed by atoms with Crippen molar-refractivity contribution < 1.29 is 23.1 Å². The van der Waals surface area contributed by atoms with E-state index in [4.69, 9.17) is 9.57 Å². The Morgan fingerprint density at radius 2 is 1.59 bits per heavy atom. The SMILES string of the molecule is C=CC(=O)Nc1cc(Nc2cc(N3OCC[C@@H]3c3cc(F)cc(F)c3)ncn2)c(OC)cc1N1CCC(N2CCN(C3CCC3)CC2)CC1. The first kappa shape index (κ1) is 33.2. The van der Waals surface area contributed by atoms with Gasteiger partial charge in [-0.3, -0.25) is 19.4 Å². The van der Waals surface area contributed by atoms with Crippen LogP contribution in [0, 0.1) is 11.6 Å². The van der Waals surface area contributed by atoms with Gasteiger partial charge in [0.25, 0.3) is 0 Å². The average Bonchev–Trinajstić information content (AvgIpc) is 3.58. The van der Waals surface area contributed by atoms with E-state index < -0.39 is 17.7 Å². The number of hydrogen-bond acceptors (Lipinski definition) is 10. The van der Waals surface area contributed by atoms with Crippen molar-refractivity contribution in [3.05, 3.63) is 72.6 Å². The van der Waals surface area contributed by atoms with Crippen LogP contribution in [0.3, 0.4) is 0 Å². The number of nitrogens with zero attached hydrogens (tertiary/aromatic N) is 6. The highest BCUT2D eigenvalue weighted by Gasteiger charge is 2.33. The van der Waals surface area contributed by atoms with E-state index in [0.29, 0.717) is 53.4 Å². The molecule has 0 spiro atoms. The molecule has 1 aromatic heterocycles. The molecule has 1 saturated carbocycles. The second kappa shape index (κ2) is 14.7. The van der Waals surface area contributed by atoms with Crippen molar-refractivity contribution in [1.29, 1.82) is 0 Å². The predicted molar refractivity (Wildman–Crippen MR) is 185 cm³/mol. The number of carbonyl (C=O) groups excluding carboxylic acids is 1. The first-order valence-electron chi connectivity index (χ1n) is 17.2. The van der Waals surface area contributed by atoms with E-state index in [9.17, 15) is 13.6 Å². The molecule has 4 fully saturated rings. The summed E-state index contributed by atoms with van der Waals surface area (Å²) in [5, 5.41) is 7.85. The highest BCUT2D eigenvalue weighted by atomic mass is 19.1. The van der Waals surface area contributed by atoms with Crippen LogP contribution in [0.2, 0.25) is 0 Å². The maximum atomic E-state index is 14.0. The van der Waals surface area contributed by atoms with Crippen molar-refractivity contribution in [2.75, 3.05) is 73.6 Å². The van der Waals surface area contributed by atoms with Crippen LogP contribution in [0.5, 0.6) is 5.75 Å². The van der Waals surface area contributed by atoms with Gasteiger partial charge in [-0.1, -0.05) is 13.0 Å². The summed E-state index contributed by atoms with van der Waals surface area (Å²) in [6.45, 7) is 10.3. The van der Waals surface area contributed by atoms with Crippen LogP contribution in [0.1, 0.15) is 50.1 Å². The number of methoxy groups -OCH3 is 1. The molecule has 11 nitrogen and oxygen atoms in total. The van der Waals surface area contributed by atoms with Gasteiger partial charge in [0.2, 0.25) is 5.91 Å². The number of amides is 1. The van der Waals surface area contributed by atoms with E-state index in [1.807, 2.05) is 12.1 Å². The van der Waals surface area contributed by atoms with Crippen LogP contribution >= 0.6 is 0 Å². The van der Waals surface area contributed by atoms with Crippen LogP contribution in [-0.4, -0.2) is 90.7 Å². The number of halogens is 2. The fraction of sp³-hybridized carbons (Fsp3) is 0.472. The maximum Gasteiger partial charge on any atom is 0.247 e. The molecule has 49 heavy (non-hydrogen) atoms. The van der Waals surface area contributed by atoms with Crippen molar-refractivity contribution in [2.24, 2.45) is 0 Å². The third-order valence-corrected chi connectivity index (χ3v) is 10.3. The maximum absolute atomic E-state index is 14.0. The summed E-state index contributed by atoms with van der Waals surface area (Å²) in [5.41, 5.74) is 2.55. The minimum atomic E-state index is -0.649. The number of ether oxygens (including phenoxy) is 1. The average molecular weight is 675 g/mol. The molecule has 2 aromatic carbocycles. The quantitative estimate of drug-likeness (QED) is 0.263.